The molecule has 96 valence electrons. The molecule has 0 fully saturated rings. The fraction of sp³-hybridized carbons (Fsp3) is 0.0833. The van der Waals surface area contributed by atoms with Crippen LogP contribution in [0.1, 0.15) is 4.88 Å². The monoisotopic (exact) mass is 352 g/mol. The second-order valence-corrected chi connectivity index (χ2v) is 6.58. The Morgan fingerprint density at radius 1 is 1.26 bits per heavy atom. The maximum Gasteiger partial charge on any atom is 0.214 e. The molecule has 3 rings (SSSR count). The second kappa shape index (κ2) is 5.85. The van der Waals surface area contributed by atoms with Crippen molar-refractivity contribution < 1.29 is 0 Å². The molecule has 0 aliphatic rings. The highest BCUT2D eigenvalue weighted by atomic mass is 79.9. The van der Waals surface area contributed by atoms with Crippen LogP contribution >= 0.6 is 39.0 Å². The summed E-state index contributed by atoms with van der Waals surface area (Å²) in [6, 6.07) is 12.0. The smallest absolute Gasteiger partial charge is 0.188 e. The molecule has 0 radical (unpaired) electrons. The average Bonchev–Trinajstić information content (AvgIpc) is 3.06. The number of rotatable bonds is 4. The standard InChI is InChI=1S/C12H9BrN4S2/c13-9-6-11(18-7-9)8-19-12-14-15-16-17(12)10-4-2-1-3-5-10/h1-7H,8H2. The highest BCUT2D eigenvalue weighted by Crippen LogP contribution is 2.27. The van der Waals surface area contributed by atoms with E-state index in [0.29, 0.717) is 0 Å². The van der Waals surface area contributed by atoms with E-state index in [1.165, 1.54) is 4.88 Å². The zero-order chi connectivity index (χ0) is 13.1. The number of para-hydroxylation sites is 1. The lowest BCUT2D eigenvalue weighted by Gasteiger charge is -2.02. The molecule has 0 saturated carbocycles. The van der Waals surface area contributed by atoms with Gasteiger partial charge in [0.15, 0.2) is 0 Å². The van der Waals surface area contributed by atoms with Crippen LogP contribution in [0.4, 0.5) is 0 Å². The first-order chi connectivity index (χ1) is 9.33. The summed E-state index contributed by atoms with van der Waals surface area (Å²) in [4.78, 5) is 1.29. The number of tetrazole rings is 1. The van der Waals surface area contributed by atoms with E-state index in [0.717, 1.165) is 21.1 Å². The topological polar surface area (TPSA) is 43.6 Å². The number of thioether (sulfide) groups is 1. The Hall–Kier alpha value is -1.18. The van der Waals surface area contributed by atoms with Gasteiger partial charge in [-0.25, -0.2) is 0 Å². The van der Waals surface area contributed by atoms with Crippen molar-refractivity contribution in [1.82, 2.24) is 20.2 Å². The lowest BCUT2D eigenvalue weighted by molar-refractivity contribution is 0.756. The first-order valence-corrected chi connectivity index (χ1v) is 8.18. The fourth-order valence-corrected chi connectivity index (χ4v) is 3.96. The zero-order valence-corrected chi connectivity index (χ0v) is 13.0. The van der Waals surface area contributed by atoms with Gasteiger partial charge in [-0.2, -0.15) is 4.68 Å². The summed E-state index contributed by atoms with van der Waals surface area (Å²) in [5, 5.41) is 14.7. The largest absolute Gasteiger partial charge is 0.214 e. The molecule has 7 heteroatoms. The van der Waals surface area contributed by atoms with E-state index >= 15 is 0 Å². The molecule has 0 atom stereocenters. The van der Waals surface area contributed by atoms with Crippen LogP contribution in [0.3, 0.4) is 0 Å². The summed E-state index contributed by atoms with van der Waals surface area (Å²) in [5.74, 6) is 0.865. The summed E-state index contributed by atoms with van der Waals surface area (Å²) in [5.41, 5.74) is 0.974. The highest BCUT2D eigenvalue weighted by molar-refractivity contribution is 9.10. The average molecular weight is 353 g/mol. The molecule has 19 heavy (non-hydrogen) atoms. The first-order valence-electron chi connectivity index (χ1n) is 5.52. The minimum atomic E-state index is 0.802. The van der Waals surface area contributed by atoms with E-state index in [1.807, 2.05) is 30.3 Å². The minimum Gasteiger partial charge on any atom is -0.188 e. The van der Waals surface area contributed by atoms with Crippen LogP contribution in [0.5, 0.6) is 0 Å². The summed E-state index contributed by atoms with van der Waals surface area (Å²) < 4.78 is 2.88. The van der Waals surface area contributed by atoms with Crippen LogP contribution < -0.4 is 0 Å². The molecule has 0 amide bonds. The molecule has 0 bridgehead atoms. The third-order valence-electron chi connectivity index (χ3n) is 2.41. The van der Waals surface area contributed by atoms with Gasteiger partial charge in [0.05, 0.1) is 5.69 Å². The molecule has 3 aromatic rings. The maximum absolute atomic E-state index is 4.07. The Balaban J connectivity index is 1.77. The van der Waals surface area contributed by atoms with E-state index in [2.05, 4.69) is 42.9 Å². The second-order valence-electron chi connectivity index (χ2n) is 3.73. The van der Waals surface area contributed by atoms with Gasteiger partial charge < -0.3 is 0 Å². The quantitative estimate of drug-likeness (QED) is 0.670. The molecule has 0 spiro atoms. The summed E-state index contributed by atoms with van der Waals surface area (Å²) in [6.45, 7) is 0. The number of hydrogen-bond donors (Lipinski definition) is 0. The van der Waals surface area contributed by atoms with Gasteiger partial charge in [0, 0.05) is 20.5 Å². The Morgan fingerprint density at radius 3 is 2.84 bits per heavy atom. The number of hydrogen-bond acceptors (Lipinski definition) is 5. The van der Waals surface area contributed by atoms with Gasteiger partial charge in [0.1, 0.15) is 0 Å². The Labute approximate surface area is 127 Å². The molecule has 0 N–H and O–H groups in total. The molecule has 0 unspecified atom stereocenters. The van der Waals surface area contributed by atoms with E-state index in [1.54, 1.807) is 27.8 Å². The van der Waals surface area contributed by atoms with E-state index in [-0.39, 0.29) is 0 Å². The molecular formula is C12H9BrN4S2. The summed E-state index contributed by atoms with van der Waals surface area (Å²) in [6.07, 6.45) is 0. The van der Waals surface area contributed by atoms with Crippen LogP contribution in [0.2, 0.25) is 0 Å². The molecule has 0 saturated heterocycles. The predicted octanol–water partition coefficient (Wildman–Crippen LogP) is 3.78. The van der Waals surface area contributed by atoms with Crippen LogP contribution in [-0.2, 0) is 5.75 Å². The molecule has 2 aromatic heterocycles. The Morgan fingerprint density at radius 2 is 2.11 bits per heavy atom. The van der Waals surface area contributed by atoms with Crippen molar-refractivity contribution in [2.24, 2.45) is 0 Å². The van der Waals surface area contributed by atoms with Crippen LogP contribution in [0, 0.1) is 0 Å². The number of benzene rings is 1. The lowest BCUT2D eigenvalue weighted by atomic mass is 10.3. The van der Waals surface area contributed by atoms with Gasteiger partial charge in [-0.05, 0) is 44.6 Å². The van der Waals surface area contributed by atoms with Gasteiger partial charge in [-0.3, -0.25) is 0 Å². The number of nitrogens with zero attached hydrogens (tertiary/aromatic N) is 4. The van der Waals surface area contributed by atoms with Crippen LogP contribution in [0.25, 0.3) is 5.69 Å². The number of aromatic nitrogens is 4. The van der Waals surface area contributed by atoms with Gasteiger partial charge in [0.25, 0.3) is 0 Å². The Kier molecular flexibility index (Phi) is 3.95. The summed E-state index contributed by atoms with van der Waals surface area (Å²) in [7, 11) is 0. The normalized spacial score (nSPS) is 10.8. The van der Waals surface area contributed by atoms with Crippen LogP contribution in [-0.4, -0.2) is 20.2 Å². The molecule has 2 heterocycles. The number of thiophene rings is 1. The fourth-order valence-electron chi connectivity index (χ4n) is 1.57. The van der Waals surface area contributed by atoms with E-state index in [4.69, 9.17) is 0 Å². The van der Waals surface area contributed by atoms with Gasteiger partial charge in [-0.1, -0.05) is 30.0 Å². The third-order valence-corrected chi connectivity index (χ3v) is 5.26. The van der Waals surface area contributed by atoms with Crippen molar-refractivity contribution in [2.45, 2.75) is 10.9 Å². The van der Waals surface area contributed by atoms with Gasteiger partial charge in [0.2, 0.25) is 5.16 Å². The van der Waals surface area contributed by atoms with Gasteiger partial charge >= 0.3 is 0 Å². The van der Waals surface area contributed by atoms with E-state index in [9.17, 15) is 0 Å². The van der Waals surface area contributed by atoms with Crippen molar-refractivity contribution in [1.29, 1.82) is 0 Å². The predicted molar refractivity (Wildman–Crippen MR) is 80.7 cm³/mol. The Bertz CT molecular complexity index is 665. The van der Waals surface area contributed by atoms with Crippen molar-refractivity contribution >= 4 is 39.0 Å². The molecule has 1 aromatic carbocycles. The zero-order valence-electron chi connectivity index (χ0n) is 9.73. The highest BCUT2D eigenvalue weighted by Gasteiger charge is 2.09. The third kappa shape index (κ3) is 3.05. The van der Waals surface area contributed by atoms with Crippen molar-refractivity contribution in [2.75, 3.05) is 0 Å². The molecule has 4 nitrogen and oxygen atoms in total. The van der Waals surface area contributed by atoms with Gasteiger partial charge in [-0.15, -0.1) is 16.4 Å². The number of halogens is 1. The lowest BCUT2D eigenvalue weighted by Crippen LogP contribution is -1.98. The molecular weight excluding hydrogens is 344 g/mol. The summed E-state index contributed by atoms with van der Waals surface area (Å²) >= 11 is 6.82. The van der Waals surface area contributed by atoms with E-state index < -0.39 is 0 Å². The van der Waals surface area contributed by atoms with Crippen molar-refractivity contribution in [3.8, 4) is 5.69 Å². The van der Waals surface area contributed by atoms with Crippen molar-refractivity contribution in [3.05, 3.63) is 51.1 Å². The molecule has 0 aliphatic heterocycles. The van der Waals surface area contributed by atoms with Crippen LogP contribution in [0.15, 0.2) is 51.4 Å². The van der Waals surface area contributed by atoms with Crippen molar-refractivity contribution in [3.63, 3.8) is 0 Å². The SMILES string of the molecule is Brc1csc(CSc2nnnn2-c2ccccc2)c1. The molecule has 0 aliphatic carbocycles. The first kappa shape index (κ1) is 12.8. The minimum absolute atomic E-state index is 0.802. The maximum atomic E-state index is 4.07.